The minimum atomic E-state index is -0.743. The van der Waals surface area contributed by atoms with Gasteiger partial charge in [0.15, 0.2) is 0 Å². The number of ether oxygens (including phenoxy) is 1. The summed E-state index contributed by atoms with van der Waals surface area (Å²) in [4.78, 5) is 12.5. The Kier molecular flexibility index (Phi) is 2.95. The van der Waals surface area contributed by atoms with Crippen molar-refractivity contribution < 1.29 is 14.6 Å². The molecule has 0 saturated carbocycles. The van der Waals surface area contributed by atoms with Gasteiger partial charge in [-0.05, 0) is 6.92 Å². The normalized spacial score (nSPS) is 20.1. The molecule has 0 aromatic carbocycles. The van der Waals surface area contributed by atoms with Crippen LogP contribution < -0.4 is 0 Å². The molecular formula is C7H12BrNO3. The molecule has 0 unspecified atom stereocenters. The summed E-state index contributed by atoms with van der Waals surface area (Å²) in [6, 6.07) is 0. The number of carbonyl (C=O) groups excluding carboxylic acids is 1. The van der Waals surface area contributed by atoms with Crippen molar-refractivity contribution in [1.82, 2.24) is 4.90 Å². The second kappa shape index (κ2) is 3.62. The Morgan fingerprint density at radius 3 is 2.75 bits per heavy atom. The fourth-order valence-electron chi connectivity index (χ4n) is 1.09. The van der Waals surface area contributed by atoms with Gasteiger partial charge >= 0.3 is 6.09 Å². The summed E-state index contributed by atoms with van der Waals surface area (Å²) >= 11 is 3.17. The molecule has 1 aliphatic rings. The van der Waals surface area contributed by atoms with E-state index in [4.69, 9.17) is 4.74 Å². The van der Waals surface area contributed by atoms with Gasteiger partial charge in [-0.3, -0.25) is 0 Å². The third kappa shape index (κ3) is 1.90. The second-order valence-corrected chi connectivity index (χ2v) is 3.47. The predicted octanol–water partition coefficient (Wildman–Crippen LogP) is 0.585. The van der Waals surface area contributed by atoms with Gasteiger partial charge in [-0.1, -0.05) is 15.9 Å². The van der Waals surface area contributed by atoms with Crippen molar-refractivity contribution >= 4 is 22.0 Å². The molecule has 0 atom stereocenters. The highest BCUT2D eigenvalue weighted by Crippen LogP contribution is 2.23. The molecule has 1 saturated heterocycles. The lowest BCUT2D eigenvalue weighted by molar-refractivity contribution is -0.0701. The topological polar surface area (TPSA) is 49.8 Å². The number of nitrogens with zero attached hydrogens (tertiary/aromatic N) is 1. The smallest absolute Gasteiger partial charge is 0.409 e. The van der Waals surface area contributed by atoms with E-state index in [1.807, 2.05) is 0 Å². The number of hydrogen-bond acceptors (Lipinski definition) is 3. The fraction of sp³-hybridized carbons (Fsp3) is 0.857. The monoisotopic (exact) mass is 237 g/mol. The van der Waals surface area contributed by atoms with Crippen LogP contribution in [0.15, 0.2) is 0 Å². The lowest BCUT2D eigenvalue weighted by Crippen LogP contribution is -2.64. The third-order valence-electron chi connectivity index (χ3n) is 1.75. The van der Waals surface area contributed by atoms with Gasteiger partial charge in [0.2, 0.25) is 0 Å². The van der Waals surface area contributed by atoms with E-state index < -0.39 is 5.60 Å². The second-order valence-electron chi connectivity index (χ2n) is 2.91. The van der Waals surface area contributed by atoms with E-state index in [-0.39, 0.29) is 6.09 Å². The van der Waals surface area contributed by atoms with Crippen LogP contribution in [0.5, 0.6) is 0 Å². The Morgan fingerprint density at radius 1 is 1.75 bits per heavy atom. The summed E-state index contributed by atoms with van der Waals surface area (Å²) in [5.41, 5.74) is -0.743. The average molecular weight is 238 g/mol. The summed E-state index contributed by atoms with van der Waals surface area (Å²) in [7, 11) is 0. The quantitative estimate of drug-likeness (QED) is 0.716. The number of amides is 1. The van der Waals surface area contributed by atoms with Crippen LogP contribution in [0.1, 0.15) is 6.92 Å². The molecular weight excluding hydrogens is 226 g/mol. The van der Waals surface area contributed by atoms with Crippen LogP contribution >= 0.6 is 15.9 Å². The van der Waals surface area contributed by atoms with Crippen LogP contribution in [-0.4, -0.2) is 46.7 Å². The van der Waals surface area contributed by atoms with Crippen LogP contribution in [0.25, 0.3) is 0 Å². The van der Waals surface area contributed by atoms with Crippen LogP contribution in [0.2, 0.25) is 0 Å². The maximum atomic E-state index is 11.0. The SMILES string of the molecule is CCOC(=O)N1CC(O)(CBr)C1. The number of halogens is 1. The molecule has 0 spiro atoms. The van der Waals surface area contributed by atoms with Gasteiger partial charge in [-0.25, -0.2) is 4.79 Å². The van der Waals surface area contributed by atoms with Gasteiger partial charge in [0.25, 0.3) is 0 Å². The molecule has 0 aliphatic carbocycles. The molecule has 1 N–H and O–H groups in total. The van der Waals surface area contributed by atoms with Crippen LogP contribution in [0.4, 0.5) is 4.79 Å². The molecule has 5 heteroatoms. The zero-order chi connectivity index (χ0) is 9.19. The van der Waals surface area contributed by atoms with E-state index in [0.29, 0.717) is 25.0 Å². The summed E-state index contributed by atoms with van der Waals surface area (Å²) < 4.78 is 4.74. The number of hydrogen-bond donors (Lipinski definition) is 1. The summed E-state index contributed by atoms with van der Waals surface area (Å²) in [6.07, 6.45) is -0.344. The molecule has 1 heterocycles. The Hall–Kier alpha value is -0.290. The molecule has 0 aromatic rings. The van der Waals surface area contributed by atoms with Gasteiger partial charge in [0, 0.05) is 5.33 Å². The average Bonchev–Trinajstić information content (AvgIpc) is 1.99. The Labute approximate surface area is 79.6 Å². The first-order valence-corrected chi connectivity index (χ1v) is 4.93. The molecule has 1 fully saturated rings. The standard InChI is InChI=1S/C7H12BrNO3/c1-2-12-6(10)9-4-7(11,3-8)5-9/h11H,2-5H2,1H3. The van der Waals surface area contributed by atoms with Crippen molar-refractivity contribution in [1.29, 1.82) is 0 Å². The summed E-state index contributed by atoms with van der Waals surface area (Å²) in [5.74, 6) is 0. The highest BCUT2D eigenvalue weighted by molar-refractivity contribution is 9.09. The van der Waals surface area contributed by atoms with Crippen molar-refractivity contribution in [3.05, 3.63) is 0 Å². The molecule has 1 amide bonds. The van der Waals surface area contributed by atoms with Crippen LogP contribution in [0, 0.1) is 0 Å². The number of alkyl halides is 1. The van der Waals surface area contributed by atoms with Gasteiger partial charge in [-0.2, -0.15) is 0 Å². The minimum Gasteiger partial charge on any atom is -0.450 e. The Morgan fingerprint density at radius 2 is 2.33 bits per heavy atom. The van der Waals surface area contributed by atoms with Crippen LogP contribution in [-0.2, 0) is 4.74 Å². The predicted molar refractivity (Wildman–Crippen MR) is 47.3 cm³/mol. The van der Waals surface area contributed by atoms with Gasteiger partial charge in [0.1, 0.15) is 5.60 Å². The first-order chi connectivity index (χ1) is 5.61. The van der Waals surface area contributed by atoms with E-state index in [9.17, 15) is 9.90 Å². The number of carbonyl (C=O) groups is 1. The number of aliphatic hydroxyl groups is 1. The van der Waals surface area contributed by atoms with Gasteiger partial charge in [-0.15, -0.1) is 0 Å². The largest absolute Gasteiger partial charge is 0.450 e. The zero-order valence-electron chi connectivity index (χ0n) is 6.92. The molecule has 1 aliphatic heterocycles. The Bertz CT molecular complexity index is 179. The van der Waals surface area contributed by atoms with Crippen molar-refractivity contribution in [3.8, 4) is 0 Å². The highest BCUT2D eigenvalue weighted by atomic mass is 79.9. The summed E-state index contributed by atoms with van der Waals surface area (Å²) in [6.45, 7) is 2.85. The lowest BCUT2D eigenvalue weighted by Gasteiger charge is -2.44. The third-order valence-corrected chi connectivity index (χ3v) is 2.79. The molecule has 70 valence electrons. The van der Waals surface area contributed by atoms with E-state index >= 15 is 0 Å². The van der Waals surface area contributed by atoms with Crippen molar-refractivity contribution in [3.63, 3.8) is 0 Å². The van der Waals surface area contributed by atoms with Crippen molar-refractivity contribution in [2.45, 2.75) is 12.5 Å². The highest BCUT2D eigenvalue weighted by Gasteiger charge is 2.43. The zero-order valence-corrected chi connectivity index (χ0v) is 8.50. The van der Waals surface area contributed by atoms with Crippen molar-refractivity contribution in [2.75, 3.05) is 25.0 Å². The molecule has 1 rings (SSSR count). The molecule has 4 nitrogen and oxygen atoms in total. The van der Waals surface area contributed by atoms with Gasteiger partial charge in [0.05, 0.1) is 19.7 Å². The molecule has 0 bridgehead atoms. The summed E-state index contributed by atoms with van der Waals surface area (Å²) in [5, 5.41) is 10.0. The maximum Gasteiger partial charge on any atom is 0.409 e. The van der Waals surface area contributed by atoms with E-state index in [2.05, 4.69) is 15.9 Å². The van der Waals surface area contributed by atoms with E-state index in [1.54, 1.807) is 6.92 Å². The Balaban J connectivity index is 2.29. The first kappa shape index (κ1) is 9.80. The lowest BCUT2D eigenvalue weighted by atomic mass is 9.98. The van der Waals surface area contributed by atoms with E-state index in [1.165, 1.54) is 4.90 Å². The molecule has 12 heavy (non-hydrogen) atoms. The van der Waals surface area contributed by atoms with Gasteiger partial charge < -0.3 is 14.7 Å². The number of likely N-dealkylation sites (tertiary alicyclic amines) is 1. The molecule has 0 aromatic heterocycles. The first-order valence-electron chi connectivity index (χ1n) is 3.81. The van der Waals surface area contributed by atoms with Crippen LogP contribution in [0.3, 0.4) is 0 Å². The minimum absolute atomic E-state index is 0.344. The fourth-order valence-corrected chi connectivity index (χ4v) is 1.45. The van der Waals surface area contributed by atoms with Crippen molar-refractivity contribution in [2.24, 2.45) is 0 Å². The number of β-amino-alcohol motifs (C(OH)–C–C–N with tert-alkyl or cyclic N) is 1. The maximum absolute atomic E-state index is 11.0. The molecule has 0 radical (unpaired) electrons. The number of rotatable bonds is 2. The van der Waals surface area contributed by atoms with E-state index in [0.717, 1.165) is 0 Å².